The van der Waals surface area contributed by atoms with E-state index in [1.54, 1.807) is 48.7 Å². The summed E-state index contributed by atoms with van der Waals surface area (Å²) in [5.74, 6) is 2.37. The lowest BCUT2D eigenvalue weighted by atomic mass is 9.96. The van der Waals surface area contributed by atoms with Gasteiger partial charge in [0.1, 0.15) is 22.7 Å². The highest BCUT2D eigenvalue weighted by atomic mass is 16.5. The SMILES string of the molecule is Cc1nc2cnccc2n1CCCCCCC(=O)N(C)[C@@H](CC(C)C)C(=O)CCOCCC(=O)[C@H](CC(C)C)N(C)C(=O)CCCCCCn1c(C)nc2cnccc21. The highest BCUT2D eigenvalue weighted by Gasteiger charge is 2.29. The molecule has 0 aromatic carbocycles. The largest absolute Gasteiger partial charge is 0.381 e. The number of rotatable bonds is 28. The van der Waals surface area contributed by atoms with Crippen LogP contribution in [-0.2, 0) is 37.0 Å². The third-order valence-electron chi connectivity index (χ3n) is 11.4. The Morgan fingerprint density at radius 3 is 1.37 bits per heavy atom. The molecule has 4 aromatic rings. The van der Waals surface area contributed by atoms with Crippen molar-refractivity contribution in [1.29, 1.82) is 0 Å². The normalized spacial score (nSPS) is 12.8. The maximum absolute atomic E-state index is 13.4. The van der Waals surface area contributed by atoms with Gasteiger partial charge in [0.05, 0.1) is 48.7 Å². The first-order chi connectivity index (χ1) is 28.3. The highest BCUT2D eigenvalue weighted by Crippen LogP contribution is 2.20. The van der Waals surface area contributed by atoms with Gasteiger partial charge in [0.2, 0.25) is 11.8 Å². The van der Waals surface area contributed by atoms with Crippen LogP contribution in [0.3, 0.4) is 0 Å². The van der Waals surface area contributed by atoms with Crippen LogP contribution in [0.2, 0.25) is 0 Å². The van der Waals surface area contributed by atoms with Gasteiger partial charge in [-0.25, -0.2) is 9.97 Å². The summed E-state index contributed by atoms with van der Waals surface area (Å²) in [6.45, 7) is 14.4. The molecule has 4 aromatic heterocycles. The average Bonchev–Trinajstić information content (AvgIpc) is 3.71. The second-order valence-corrected chi connectivity index (χ2v) is 17.0. The lowest BCUT2D eigenvalue weighted by Crippen LogP contribution is -2.44. The monoisotopic (exact) mass is 815 g/mol. The second kappa shape index (κ2) is 23.9. The molecule has 0 aliphatic rings. The van der Waals surface area contributed by atoms with Crippen LogP contribution in [0.1, 0.15) is 129 Å². The zero-order valence-electron chi connectivity index (χ0n) is 37.1. The van der Waals surface area contributed by atoms with Gasteiger partial charge in [0.15, 0.2) is 11.6 Å². The third-order valence-corrected chi connectivity index (χ3v) is 11.4. The number of aromatic nitrogens is 6. The molecule has 2 atom stereocenters. The molecule has 4 heterocycles. The van der Waals surface area contributed by atoms with Gasteiger partial charge in [-0.15, -0.1) is 0 Å². The van der Waals surface area contributed by atoms with Crippen molar-refractivity contribution in [3.05, 3.63) is 48.6 Å². The zero-order chi connectivity index (χ0) is 42.9. The molecule has 4 rings (SSSR count). The molecule has 13 nitrogen and oxygen atoms in total. The number of hydrogen-bond donors (Lipinski definition) is 0. The lowest BCUT2D eigenvalue weighted by molar-refractivity contribution is -0.139. The number of Topliss-reactive ketones (excluding diaryl/α,β-unsaturated/α-hetero) is 2. The van der Waals surface area contributed by atoms with E-state index in [2.05, 4.69) is 56.8 Å². The van der Waals surface area contributed by atoms with Gasteiger partial charge in [-0.3, -0.25) is 29.1 Å². The van der Waals surface area contributed by atoms with Crippen molar-refractivity contribution in [2.24, 2.45) is 11.8 Å². The number of pyridine rings is 2. The Labute approximate surface area is 351 Å². The van der Waals surface area contributed by atoms with E-state index in [1.807, 2.05) is 26.0 Å². The quantitative estimate of drug-likeness (QED) is 0.0520. The van der Waals surface area contributed by atoms with Crippen molar-refractivity contribution in [3.8, 4) is 0 Å². The van der Waals surface area contributed by atoms with E-state index in [4.69, 9.17) is 4.74 Å². The second-order valence-electron chi connectivity index (χ2n) is 17.0. The van der Waals surface area contributed by atoms with Crippen LogP contribution in [0.15, 0.2) is 36.9 Å². The maximum atomic E-state index is 13.4. The fourth-order valence-electron chi connectivity index (χ4n) is 7.95. The van der Waals surface area contributed by atoms with Crippen molar-refractivity contribution >= 4 is 45.4 Å². The van der Waals surface area contributed by atoms with E-state index < -0.39 is 12.1 Å². The molecule has 0 saturated heterocycles. The summed E-state index contributed by atoms with van der Waals surface area (Å²) >= 11 is 0. The van der Waals surface area contributed by atoms with Crippen LogP contribution in [0.4, 0.5) is 0 Å². The molecule has 13 heteroatoms. The van der Waals surface area contributed by atoms with Crippen molar-refractivity contribution in [2.45, 2.75) is 157 Å². The molecule has 0 N–H and O–H groups in total. The number of likely N-dealkylation sites (N-methyl/N-ethyl adjacent to an activating group) is 2. The number of carbonyl (C=O) groups excluding carboxylic acids is 4. The van der Waals surface area contributed by atoms with Gasteiger partial charge in [-0.1, -0.05) is 53.4 Å². The highest BCUT2D eigenvalue weighted by molar-refractivity contribution is 5.90. The fraction of sp³-hybridized carbons (Fsp3) is 0.652. The van der Waals surface area contributed by atoms with E-state index in [0.29, 0.717) is 25.7 Å². The molecule has 59 heavy (non-hydrogen) atoms. The predicted octanol–water partition coefficient (Wildman–Crippen LogP) is 8.08. The molecule has 324 valence electrons. The van der Waals surface area contributed by atoms with Gasteiger partial charge < -0.3 is 23.7 Å². The van der Waals surface area contributed by atoms with Crippen molar-refractivity contribution in [1.82, 2.24) is 38.9 Å². The average molecular weight is 815 g/mol. The summed E-state index contributed by atoms with van der Waals surface area (Å²) in [4.78, 5) is 74.1. The fourth-order valence-corrected chi connectivity index (χ4v) is 7.95. The number of amides is 2. The summed E-state index contributed by atoms with van der Waals surface area (Å²) in [5.41, 5.74) is 4.01. The molecule has 0 saturated carbocycles. The standard InChI is InChI=1S/C46H70N8O5/c1-33(2)29-41(51(7)45(57)17-13-9-11-15-25-53-35(5)49-37-31-47-23-19-39(37)53)43(55)21-27-59-28-22-44(56)42(30-34(3)4)52(8)46(58)18-14-10-12-16-26-54-36(6)50-38-32-48-24-20-40(38)54/h19-20,23-24,31-34,41-42H,9-18,21-22,25-30H2,1-8H3/t41-,42-/m0/s1. The molecule has 2 amide bonds. The van der Waals surface area contributed by atoms with Crippen molar-refractivity contribution in [3.63, 3.8) is 0 Å². The minimum Gasteiger partial charge on any atom is -0.381 e. The zero-order valence-corrected chi connectivity index (χ0v) is 37.1. The van der Waals surface area contributed by atoms with Gasteiger partial charge in [0.25, 0.3) is 0 Å². The molecular formula is C46H70N8O5. The Morgan fingerprint density at radius 1 is 0.593 bits per heavy atom. The predicted molar refractivity (Wildman–Crippen MR) is 233 cm³/mol. The summed E-state index contributed by atoms with van der Waals surface area (Å²) in [6.07, 6.45) is 16.9. The summed E-state index contributed by atoms with van der Waals surface area (Å²) in [6, 6.07) is 2.98. The third kappa shape index (κ3) is 14.3. The molecule has 0 unspecified atom stereocenters. The Morgan fingerprint density at radius 2 is 0.983 bits per heavy atom. The number of imidazole rings is 2. The Bertz CT molecular complexity index is 1810. The minimum absolute atomic E-state index is 0.0121. The van der Waals surface area contributed by atoms with Crippen LogP contribution < -0.4 is 0 Å². The van der Waals surface area contributed by atoms with E-state index in [1.165, 1.54) is 0 Å². The van der Waals surface area contributed by atoms with Crippen molar-refractivity contribution < 1.29 is 23.9 Å². The summed E-state index contributed by atoms with van der Waals surface area (Å²) < 4.78 is 10.3. The van der Waals surface area contributed by atoms with Gasteiger partial charge in [-0.2, -0.15) is 0 Å². The minimum atomic E-state index is -0.506. The Balaban J connectivity index is 1.12. The van der Waals surface area contributed by atoms with Crippen molar-refractivity contribution in [2.75, 3.05) is 27.3 Å². The first kappa shape index (κ1) is 47.2. The molecular weight excluding hydrogens is 745 g/mol. The number of fused-ring (bicyclic) bond motifs is 2. The number of ether oxygens (including phenoxy) is 1. The first-order valence-electron chi connectivity index (χ1n) is 22.0. The smallest absolute Gasteiger partial charge is 0.222 e. The summed E-state index contributed by atoms with van der Waals surface area (Å²) in [7, 11) is 3.48. The van der Waals surface area contributed by atoms with E-state index in [0.717, 1.165) is 98.2 Å². The van der Waals surface area contributed by atoms with Crippen LogP contribution in [-0.4, -0.2) is 102 Å². The number of aryl methyl sites for hydroxylation is 4. The topological polar surface area (TPSA) is 145 Å². The Hall–Kier alpha value is -4.52. The molecule has 0 bridgehead atoms. The molecule has 0 aliphatic carbocycles. The van der Waals surface area contributed by atoms with E-state index >= 15 is 0 Å². The van der Waals surface area contributed by atoms with Gasteiger partial charge in [-0.05, 0) is 76.3 Å². The summed E-state index contributed by atoms with van der Waals surface area (Å²) in [5, 5.41) is 0. The Kier molecular flexibility index (Phi) is 19.1. The molecule has 0 fully saturated rings. The molecule has 0 spiro atoms. The van der Waals surface area contributed by atoms with Crippen LogP contribution in [0, 0.1) is 25.7 Å². The van der Waals surface area contributed by atoms with Crippen LogP contribution in [0.25, 0.3) is 22.1 Å². The number of carbonyl (C=O) groups is 4. The maximum Gasteiger partial charge on any atom is 0.222 e. The number of nitrogens with zero attached hydrogens (tertiary/aromatic N) is 8. The number of ketones is 2. The lowest BCUT2D eigenvalue weighted by Gasteiger charge is -2.29. The molecule has 0 radical (unpaired) electrons. The van der Waals surface area contributed by atoms with E-state index in [9.17, 15) is 19.2 Å². The van der Waals surface area contributed by atoms with Crippen LogP contribution in [0.5, 0.6) is 0 Å². The number of hydrogen-bond acceptors (Lipinski definition) is 9. The van der Waals surface area contributed by atoms with E-state index in [-0.39, 0.29) is 61.3 Å². The van der Waals surface area contributed by atoms with Gasteiger partial charge in [0, 0.05) is 65.3 Å². The van der Waals surface area contributed by atoms with Crippen LogP contribution >= 0.6 is 0 Å². The molecule has 0 aliphatic heterocycles. The van der Waals surface area contributed by atoms with Gasteiger partial charge >= 0.3 is 0 Å². The number of unbranched alkanes of at least 4 members (excludes halogenated alkanes) is 6. The first-order valence-corrected chi connectivity index (χ1v) is 22.0.